The number of amides is 1. The van der Waals surface area contributed by atoms with Crippen molar-refractivity contribution >= 4 is 17.6 Å². The van der Waals surface area contributed by atoms with Crippen LogP contribution in [0.15, 0.2) is 48.8 Å². The fraction of sp³-hybridized carbons (Fsp3) is 0.320. The summed E-state index contributed by atoms with van der Waals surface area (Å²) in [5, 5.41) is 17.0. The highest BCUT2D eigenvalue weighted by Gasteiger charge is 2.51. The lowest BCUT2D eigenvalue weighted by Crippen LogP contribution is -2.28. The van der Waals surface area contributed by atoms with Gasteiger partial charge in [0, 0.05) is 17.4 Å². The van der Waals surface area contributed by atoms with Gasteiger partial charge in [-0.25, -0.2) is 9.18 Å². The maximum absolute atomic E-state index is 14.0. The molecule has 2 aromatic carbocycles. The van der Waals surface area contributed by atoms with Gasteiger partial charge in [-0.3, -0.25) is 9.48 Å². The average Bonchev–Trinajstić information content (AvgIpc) is 3.41. The highest BCUT2D eigenvalue weighted by molar-refractivity contribution is 6.03. The number of anilines is 1. The number of carbonyl (C=O) groups is 2. The molecular weight excluding hydrogens is 409 g/mol. The number of nitrogens with zero attached hydrogens (tertiary/aromatic N) is 2. The highest BCUT2D eigenvalue weighted by Crippen LogP contribution is 2.49. The normalized spacial score (nSPS) is 16.9. The molecule has 1 aromatic heterocycles. The zero-order chi connectivity index (χ0) is 22.5. The lowest BCUT2D eigenvalue weighted by atomic mass is 9.93. The second kappa shape index (κ2) is 7.58. The number of nitrogens with one attached hydrogen (secondary N) is 1. The molecule has 0 bridgehead atoms. The molecular formula is C25H24FN3O3. The summed E-state index contributed by atoms with van der Waals surface area (Å²) in [5.41, 5.74) is 2.22. The summed E-state index contributed by atoms with van der Waals surface area (Å²) in [5.74, 6) is -1.65. The van der Waals surface area contributed by atoms with Crippen molar-refractivity contribution in [1.29, 1.82) is 0 Å². The molecule has 0 saturated heterocycles. The van der Waals surface area contributed by atoms with Gasteiger partial charge in [0.05, 0.1) is 23.2 Å². The second-order valence-corrected chi connectivity index (χ2v) is 8.86. The van der Waals surface area contributed by atoms with Crippen LogP contribution in [0.2, 0.25) is 0 Å². The maximum atomic E-state index is 14.0. The Kier molecular flexibility index (Phi) is 4.84. The van der Waals surface area contributed by atoms with Gasteiger partial charge in [0.25, 0.3) is 0 Å². The average molecular weight is 433 g/mol. The van der Waals surface area contributed by atoms with Crippen molar-refractivity contribution in [2.75, 3.05) is 5.32 Å². The van der Waals surface area contributed by atoms with Crippen LogP contribution in [-0.2, 0) is 10.2 Å². The van der Waals surface area contributed by atoms with Crippen LogP contribution in [0.1, 0.15) is 59.6 Å². The number of carbonyl (C=O) groups excluding carboxylic acids is 1. The highest BCUT2D eigenvalue weighted by atomic mass is 19.1. The van der Waals surface area contributed by atoms with E-state index in [0.29, 0.717) is 41.3 Å². The minimum atomic E-state index is -1.07. The first-order valence-electron chi connectivity index (χ1n) is 10.9. The van der Waals surface area contributed by atoms with E-state index in [1.807, 2.05) is 10.9 Å². The van der Waals surface area contributed by atoms with Crippen LogP contribution in [0, 0.1) is 12.7 Å². The second-order valence-electron chi connectivity index (χ2n) is 8.86. The molecule has 1 amide bonds. The third kappa shape index (κ3) is 3.47. The number of aromatic carboxylic acids is 1. The first kappa shape index (κ1) is 20.4. The Morgan fingerprint density at radius 2 is 1.97 bits per heavy atom. The predicted octanol–water partition coefficient (Wildman–Crippen LogP) is 5.09. The predicted molar refractivity (Wildman–Crippen MR) is 118 cm³/mol. The van der Waals surface area contributed by atoms with Crippen molar-refractivity contribution in [2.24, 2.45) is 0 Å². The topological polar surface area (TPSA) is 84.2 Å². The van der Waals surface area contributed by atoms with Crippen LogP contribution in [0.3, 0.4) is 0 Å². The molecule has 2 N–H and O–H groups in total. The van der Waals surface area contributed by atoms with Crippen molar-refractivity contribution in [3.05, 3.63) is 71.3 Å². The largest absolute Gasteiger partial charge is 0.478 e. The molecule has 2 fully saturated rings. The van der Waals surface area contributed by atoms with Crippen LogP contribution in [0.4, 0.5) is 10.1 Å². The van der Waals surface area contributed by atoms with Crippen LogP contribution in [-0.4, -0.2) is 26.8 Å². The van der Waals surface area contributed by atoms with Gasteiger partial charge in [-0.05, 0) is 73.9 Å². The van der Waals surface area contributed by atoms with Gasteiger partial charge in [0.15, 0.2) is 0 Å². The summed E-state index contributed by atoms with van der Waals surface area (Å²) < 4.78 is 15.9. The maximum Gasteiger partial charge on any atom is 0.336 e. The number of aromatic nitrogens is 2. The SMILES string of the molecule is Cc1ccc(C2(C(=O)Nc3ccc(-c4cnn(C5CCC5)c4)c(C(=O)O)c3)CC2)cc1F. The summed E-state index contributed by atoms with van der Waals surface area (Å²) in [6, 6.07) is 10.2. The first-order chi connectivity index (χ1) is 15.4. The number of rotatable bonds is 6. The fourth-order valence-electron chi connectivity index (χ4n) is 4.29. The van der Waals surface area contributed by atoms with Crippen LogP contribution in [0.5, 0.6) is 0 Å². The van der Waals surface area contributed by atoms with E-state index in [0.717, 1.165) is 18.4 Å². The van der Waals surface area contributed by atoms with E-state index in [9.17, 15) is 19.1 Å². The Balaban J connectivity index is 1.40. The van der Waals surface area contributed by atoms with Gasteiger partial charge in [-0.1, -0.05) is 18.2 Å². The molecule has 2 saturated carbocycles. The lowest BCUT2D eigenvalue weighted by molar-refractivity contribution is -0.118. The number of hydrogen-bond donors (Lipinski definition) is 2. The van der Waals surface area contributed by atoms with E-state index in [1.54, 1.807) is 37.4 Å². The minimum Gasteiger partial charge on any atom is -0.478 e. The summed E-state index contributed by atoms with van der Waals surface area (Å²) in [4.78, 5) is 25.0. The monoisotopic (exact) mass is 433 g/mol. The van der Waals surface area contributed by atoms with Gasteiger partial charge < -0.3 is 10.4 Å². The first-order valence-corrected chi connectivity index (χ1v) is 10.9. The van der Waals surface area contributed by atoms with Crippen molar-refractivity contribution in [1.82, 2.24) is 9.78 Å². The summed E-state index contributed by atoms with van der Waals surface area (Å²) >= 11 is 0. The lowest BCUT2D eigenvalue weighted by Gasteiger charge is -2.25. The van der Waals surface area contributed by atoms with Gasteiger partial charge in [0.2, 0.25) is 5.91 Å². The Morgan fingerprint density at radius 1 is 1.19 bits per heavy atom. The number of carboxylic acid groups (broad SMARTS) is 1. The molecule has 0 aliphatic heterocycles. The van der Waals surface area contributed by atoms with Crippen molar-refractivity contribution in [3.63, 3.8) is 0 Å². The number of hydrogen-bond acceptors (Lipinski definition) is 3. The van der Waals surface area contributed by atoms with Crippen LogP contribution in [0.25, 0.3) is 11.1 Å². The third-order valence-electron chi connectivity index (χ3n) is 6.78. The molecule has 0 unspecified atom stereocenters. The van der Waals surface area contributed by atoms with Gasteiger partial charge in [0.1, 0.15) is 5.82 Å². The molecule has 6 nitrogen and oxygen atoms in total. The molecule has 3 aromatic rings. The molecule has 0 radical (unpaired) electrons. The van der Waals surface area contributed by atoms with E-state index < -0.39 is 11.4 Å². The van der Waals surface area contributed by atoms with Gasteiger partial charge in [-0.2, -0.15) is 5.10 Å². The van der Waals surface area contributed by atoms with Gasteiger partial charge in [-0.15, -0.1) is 0 Å². The number of halogens is 1. The smallest absolute Gasteiger partial charge is 0.336 e. The molecule has 2 aliphatic carbocycles. The Bertz CT molecular complexity index is 1220. The number of carboxylic acids is 1. The van der Waals surface area contributed by atoms with Gasteiger partial charge >= 0.3 is 5.97 Å². The Labute approximate surface area is 185 Å². The third-order valence-corrected chi connectivity index (χ3v) is 6.78. The molecule has 32 heavy (non-hydrogen) atoms. The minimum absolute atomic E-state index is 0.0992. The van der Waals surface area contributed by atoms with Crippen LogP contribution < -0.4 is 5.32 Å². The molecule has 164 valence electrons. The molecule has 1 heterocycles. The molecule has 5 rings (SSSR count). The Hall–Kier alpha value is -3.48. The summed E-state index contributed by atoms with van der Waals surface area (Å²) in [6.07, 6.45) is 8.19. The zero-order valence-corrected chi connectivity index (χ0v) is 17.8. The molecule has 0 spiro atoms. The standard InChI is InChI=1S/C25H24FN3O3/c1-15-5-6-17(11-22(15)26)25(9-10-25)24(32)28-18-7-8-20(21(12-18)23(30)31)16-13-27-29(14-16)19-3-2-4-19/h5-8,11-14,19H,2-4,9-10H2,1H3,(H,28,32)(H,30,31). The van der Waals surface area contributed by atoms with Crippen LogP contribution >= 0.6 is 0 Å². The van der Waals surface area contributed by atoms with E-state index in [2.05, 4.69) is 10.4 Å². The van der Waals surface area contributed by atoms with E-state index in [4.69, 9.17) is 0 Å². The summed E-state index contributed by atoms with van der Waals surface area (Å²) in [7, 11) is 0. The quantitative estimate of drug-likeness (QED) is 0.567. The zero-order valence-electron chi connectivity index (χ0n) is 17.8. The molecule has 7 heteroatoms. The Morgan fingerprint density at radius 3 is 2.59 bits per heavy atom. The van der Waals surface area contributed by atoms with E-state index in [1.165, 1.54) is 18.6 Å². The van der Waals surface area contributed by atoms with Crippen molar-refractivity contribution in [2.45, 2.75) is 50.5 Å². The van der Waals surface area contributed by atoms with E-state index in [-0.39, 0.29) is 17.3 Å². The molecule has 0 atom stereocenters. The fourth-order valence-corrected chi connectivity index (χ4v) is 4.29. The number of benzene rings is 2. The summed E-state index contributed by atoms with van der Waals surface area (Å²) in [6.45, 7) is 1.68. The number of aryl methyl sites for hydroxylation is 1. The van der Waals surface area contributed by atoms with E-state index >= 15 is 0 Å². The van der Waals surface area contributed by atoms with Crippen molar-refractivity contribution in [3.8, 4) is 11.1 Å². The molecule has 2 aliphatic rings. The van der Waals surface area contributed by atoms with Crippen molar-refractivity contribution < 1.29 is 19.1 Å².